The van der Waals surface area contributed by atoms with Crippen molar-refractivity contribution in [3.63, 3.8) is 0 Å². The molecule has 112 valence electrons. The standard InChI is InChI=1S/C21H22O/c1-15(22)16-7-9-18(10-8-16)21(17-5-3-2-4-6-17)19-11-12-20(21)14-13-19/h2-10,19-20H,11-14H2,1H3. The number of carbonyl (C=O) groups excluding carboxylic acids is 1. The van der Waals surface area contributed by atoms with Crippen LogP contribution in [0, 0.1) is 11.8 Å². The molecule has 0 saturated heterocycles. The Kier molecular flexibility index (Phi) is 3.18. The van der Waals surface area contributed by atoms with Crippen LogP contribution in [0.1, 0.15) is 54.1 Å². The van der Waals surface area contributed by atoms with Gasteiger partial charge in [0.15, 0.2) is 5.78 Å². The number of hydrogen-bond acceptors (Lipinski definition) is 1. The highest BCUT2D eigenvalue weighted by molar-refractivity contribution is 5.94. The van der Waals surface area contributed by atoms with Crippen LogP contribution in [0.3, 0.4) is 0 Å². The second-order valence-corrected chi connectivity index (χ2v) is 6.92. The summed E-state index contributed by atoms with van der Waals surface area (Å²) in [6.45, 7) is 1.64. The van der Waals surface area contributed by atoms with Gasteiger partial charge in [-0.3, -0.25) is 4.79 Å². The van der Waals surface area contributed by atoms with Gasteiger partial charge in [-0.2, -0.15) is 0 Å². The highest BCUT2D eigenvalue weighted by Crippen LogP contribution is 2.62. The molecule has 0 radical (unpaired) electrons. The second-order valence-electron chi connectivity index (χ2n) is 6.92. The minimum Gasteiger partial charge on any atom is -0.295 e. The van der Waals surface area contributed by atoms with Gasteiger partial charge in [-0.15, -0.1) is 0 Å². The molecule has 0 heterocycles. The zero-order chi connectivity index (χ0) is 15.2. The Morgan fingerprint density at radius 3 is 1.82 bits per heavy atom. The smallest absolute Gasteiger partial charge is 0.159 e. The van der Waals surface area contributed by atoms with Crippen LogP contribution in [0.2, 0.25) is 0 Å². The lowest BCUT2D eigenvalue weighted by molar-refractivity contribution is 0.101. The largest absolute Gasteiger partial charge is 0.295 e. The van der Waals surface area contributed by atoms with E-state index in [2.05, 4.69) is 42.5 Å². The van der Waals surface area contributed by atoms with E-state index in [4.69, 9.17) is 0 Å². The number of fused-ring (bicyclic) bond motifs is 2. The van der Waals surface area contributed by atoms with E-state index < -0.39 is 0 Å². The first kappa shape index (κ1) is 13.8. The molecule has 2 aliphatic rings. The lowest BCUT2D eigenvalue weighted by atomic mass is 9.67. The van der Waals surface area contributed by atoms with Gasteiger partial charge in [0.1, 0.15) is 0 Å². The third-order valence-corrected chi connectivity index (χ3v) is 6.04. The van der Waals surface area contributed by atoms with E-state index in [9.17, 15) is 4.79 Å². The lowest BCUT2D eigenvalue weighted by Crippen LogP contribution is -2.33. The molecule has 0 N–H and O–H groups in total. The average Bonchev–Trinajstić information content (AvgIpc) is 3.12. The van der Waals surface area contributed by atoms with E-state index in [0.717, 1.165) is 17.4 Å². The fourth-order valence-corrected chi connectivity index (χ4v) is 5.14. The number of carbonyl (C=O) groups is 1. The van der Waals surface area contributed by atoms with E-state index >= 15 is 0 Å². The summed E-state index contributed by atoms with van der Waals surface area (Å²) in [7, 11) is 0. The molecule has 1 heteroatoms. The fourth-order valence-electron chi connectivity index (χ4n) is 5.14. The van der Waals surface area contributed by atoms with Crippen molar-refractivity contribution in [3.8, 4) is 0 Å². The first-order chi connectivity index (χ1) is 10.7. The van der Waals surface area contributed by atoms with Crippen molar-refractivity contribution in [1.29, 1.82) is 0 Å². The Balaban J connectivity index is 1.87. The van der Waals surface area contributed by atoms with Crippen molar-refractivity contribution >= 4 is 5.78 Å². The van der Waals surface area contributed by atoms with E-state index in [1.807, 2.05) is 12.1 Å². The molecule has 0 spiro atoms. The average molecular weight is 290 g/mol. The van der Waals surface area contributed by atoms with E-state index in [1.54, 1.807) is 6.92 Å². The molecular weight excluding hydrogens is 268 g/mol. The Morgan fingerprint density at radius 2 is 1.32 bits per heavy atom. The SMILES string of the molecule is CC(=O)c1ccc(C2(c3ccccc3)C3CCC2CC3)cc1. The number of ketones is 1. The Bertz CT molecular complexity index is 664. The summed E-state index contributed by atoms with van der Waals surface area (Å²) in [5.41, 5.74) is 3.87. The monoisotopic (exact) mass is 290 g/mol. The van der Waals surface area contributed by atoms with E-state index in [0.29, 0.717) is 0 Å². The van der Waals surface area contributed by atoms with Crippen molar-refractivity contribution in [2.75, 3.05) is 0 Å². The van der Waals surface area contributed by atoms with Crippen molar-refractivity contribution < 1.29 is 4.79 Å². The van der Waals surface area contributed by atoms with Gasteiger partial charge in [0, 0.05) is 11.0 Å². The maximum Gasteiger partial charge on any atom is 0.159 e. The van der Waals surface area contributed by atoms with E-state index in [1.165, 1.54) is 36.8 Å². The molecule has 2 saturated carbocycles. The Morgan fingerprint density at radius 1 is 0.818 bits per heavy atom. The lowest BCUT2D eigenvalue weighted by Gasteiger charge is -2.36. The van der Waals surface area contributed by atoms with Gasteiger partial charge >= 0.3 is 0 Å². The quantitative estimate of drug-likeness (QED) is 0.727. The van der Waals surface area contributed by atoms with Gasteiger partial charge in [-0.1, -0.05) is 54.6 Å². The summed E-state index contributed by atoms with van der Waals surface area (Å²) in [6.07, 6.45) is 5.37. The van der Waals surface area contributed by atoms with Crippen molar-refractivity contribution in [2.45, 2.75) is 38.0 Å². The summed E-state index contributed by atoms with van der Waals surface area (Å²) in [5, 5.41) is 0. The van der Waals surface area contributed by atoms with Crippen LogP contribution in [0.5, 0.6) is 0 Å². The van der Waals surface area contributed by atoms with Crippen LogP contribution in [-0.2, 0) is 5.41 Å². The molecule has 2 aliphatic carbocycles. The topological polar surface area (TPSA) is 17.1 Å². The molecule has 2 bridgehead atoms. The molecule has 0 unspecified atom stereocenters. The molecule has 0 amide bonds. The summed E-state index contributed by atoms with van der Waals surface area (Å²) >= 11 is 0. The van der Waals surface area contributed by atoms with Crippen molar-refractivity contribution in [2.24, 2.45) is 11.8 Å². The predicted molar refractivity (Wildman–Crippen MR) is 89.1 cm³/mol. The molecule has 2 aromatic rings. The van der Waals surface area contributed by atoms with Gasteiger partial charge in [0.25, 0.3) is 0 Å². The van der Waals surface area contributed by atoms with Crippen LogP contribution >= 0.6 is 0 Å². The molecule has 2 fully saturated rings. The highest BCUT2D eigenvalue weighted by atomic mass is 16.1. The van der Waals surface area contributed by atoms with E-state index in [-0.39, 0.29) is 11.2 Å². The minimum absolute atomic E-state index is 0.148. The Labute approximate surface area is 132 Å². The minimum atomic E-state index is 0.148. The van der Waals surface area contributed by atoms with Gasteiger partial charge in [-0.25, -0.2) is 0 Å². The molecular formula is C21H22O. The van der Waals surface area contributed by atoms with Gasteiger partial charge < -0.3 is 0 Å². The summed E-state index contributed by atoms with van der Waals surface area (Å²) in [5.74, 6) is 1.65. The first-order valence-corrected chi connectivity index (χ1v) is 8.40. The zero-order valence-electron chi connectivity index (χ0n) is 13.1. The summed E-state index contributed by atoms with van der Waals surface area (Å²) < 4.78 is 0. The zero-order valence-corrected chi connectivity index (χ0v) is 13.1. The third kappa shape index (κ3) is 1.81. The van der Waals surface area contributed by atoms with Crippen LogP contribution in [0.4, 0.5) is 0 Å². The molecule has 0 atom stereocenters. The first-order valence-electron chi connectivity index (χ1n) is 8.40. The van der Waals surface area contributed by atoms with Crippen molar-refractivity contribution in [1.82, 2.24) is 0 Å². The maximum absolute atomic E-state index is 11.6. The maximum atomic E-state index is 11.6. The second kappa shape index (κ2) is 5.08. The van der Waals surface area contributed by atoms with Crippen LogP contribution in [-0.4, -0.2) is 5.78 Å². The van der Waals surface area contributed by atoms with Crippen LogP contribution in [0.15, 0.2) is 54.6 Å². The molecule has 0 aliphatic heterocycles. The Hall–Kier alpha value is -1.89. The molecule has 1 nitrogen and oxygen atoms in total. The normalized spacial score (nSPS) is 29.7. The van der Waals surface area contributed by atoms with Gasteiger partial charge in [0.05, 0.1) is 0 Å². The molecule has 22 heavy (non-hydrogen) atoms. The molecule has 4 rings (SSSR count). The fraction of sp³-hybridized carbons (Fsp3) is 0.381. The summed E-state index contributed by atoms with van der Waals surface area (Å²) in [4.78, 5) is 11.6. The highest BCUT2D eigenvalue weighted by Gasteiger charge is 2.55. The number of hydrogen-bond donors (Lipinski definition) is 0. The predicted octanol–water partition coefficient (Wildman–Crippen LogP) is 5.00. The van der Waals surface area contributed by atoms with Crippen LogP contribution in [0.25, 0.3) is 0 Å². The summed E-state index contributed by atoms with van der Waals surface area (Å²) in [6, 6.07) is 19.5. The van der Waals surface area contributed by atoms with Gasteiger partial charge in [-0.05, 0) is 55.6 Å². The van der Waals surface area contributed by atoms with Crippen molar-refractivity contribution in [3.05, 3.63) is 71.3 Å². The van der Waals surface area contributed by atoms with Crippen LogP contribution < -0.4 is 0 Å². The third-order valence-electron chi connectivity index (χ3n) is 6.04. The molecule has 2 aromatic carbocycles. The number of benzene rings is 2. The number of Topliss-reactive ketones (excluding diaryl/α,β-unsaturated/α-hetero) is 1. The number of rotatable bonds is 3. The molecule has 0 aromatic heterocycles. The van der Waals surface area contributed by atoms with Gasteiger partial charge in [0.2, 0.25) is 0 Å².